The van der Waals surface area contributed by atoms with Crippen LogP contribution in [-0.4, -0.2) is 18.9 Å². The van der Waals surface area contributed by atoms with Crippen molar-refractivity contribution < 1.29 is 12.6 Å². The second-order valence-electron chi connectivity index (χ2n) is 4.50. The van der Waals surface area contributed by atoms with Crippen molar-refractivity contribution >= 4 is 38.1 Å². The van der Waals surface area contributed by atoms with Gasteiger partial charge < -0.3 is 0 Å². The predicted molar refractivity (Wildman–Crippen MR) is 85.8 cm³/mol. The Hall–Kier alpha value is -1.37. The first kappa shape index (κ1) is 16.0. The summed E-state index contributed by atoms with van der Waals surface area (Å²) in [6.45, 7) is 1.68. The summed E-state index contributed by atoms with van der Waals surface area (Å²) in [5, 5.41) is 0.481. The lowest BCUT2D eigenvalue weighted by atomic mass is 10.2. The van der Waals surface area contributed by atoms with Crippen LogP contribution >= 0.6 is 11.6 Å². The summed E-state index contributed by atoms with van der Waals surface area (Å²) in [5.74, 6) is 0. The van der Waals surface area contributed by atoms with Gasteiger partial charge in [-0.1, -0.05) is 17.7 Å². The first-order valence-corrected chi connectivity index (χ1v) is 9.44. The van der Waals surface area contributed by atoms with Crippen LogP contribution in [0.15, 0.2) is 52.3 Å². The molecular weight excluding hydrogens is 330 g/mol. The summed E-state index contributed by atoms with van der Waals surface area (Å²) in [5.41, 5.74) is 0.933. The lowest BCUT2D eigenvalue weighted by Gasteiger charge is -2.11. The first-order valence-electron chi connectivity index (χ1n) is 6.02. The molecule has 2 aromatic carbocycles. The van der Waals surface area contributed by atoms with Crippen molar-refractivity contribution in [3.8, 4) is 0 Å². The molecule has 0 amide bonds. The Morgan fingerprint density at radius 2 is 1.86 bits per heavy atom. The fourth-order valence-electron chi connectivity index (χ4n) is 1.86. The van der Waals surface area contributed by atoms with Crippen molar-refractivity contribution in [2.45, 2.75) is 16.7 Å². The molecule has 0 spiro atoms. The van der Waals surface area contributed by atoms with Crippen molar-refractivity contribution in [3.63, 3.8) is 0 Å². The summed E-state index contributed by atoms with van der Waals surface area (Å²) in [7, 11) is -4.88. The van der Waals surface area contributed by atoms with Gasteiger partial charge in [0.05, 0.1) is 10.6 Å². The first-order chi connectivity index (χ1) is 9.79. The lowest BCUT2D eigenvalue weighted by Crippen LogP contribution is -2.14. The third kappa shape index (κ3) is 3.84. The molecule has 0 saturated heterocycles. The van der Waals surface area contributed by atoms with Gasteiger partial charge in [-0.25, -0.2) is 8.42 Å². The largest absolute Gasteiger partial charge is 0.280 e. The molecule has 0 aromatic heterocycles. The van der Waals surface area contributed by atoms with Gasteiger partial charge in [0.2, 0.25) is 0 Å². The summed E-state index contributed by atoms with van der Waals surface area (Å²) in [6, 6.07) is 11.1. The monoisotopic (exact) mass is 343 g/mol. The van der Waals surface area contributed by atoms with Gasteiger partial charge in [0.1, 0.15) is 0 Å². The minimum atomic E-state index is -3.71. The molecule has 2 rings (SSSR count). The zero-order valence-electron chi connectivity index (χ0n) is 11.5. The Balaban J connectivity index is 2.37. The quantitative estimate of drug-likeness (QED) is 0.927. The highest BCUT2D eigenvalue weighted by molar-refractivity contribution is 7.92. The summed E-state index contributed by atoms with van der Waals surface area (Å²) in [4.78, 5) is 0.720. The van der Waals surface area contributed by atoms with E-state index in [1.165, 1.54) is 18.4 Å². The molecule has 0 aliphatic heterocycles. The molecule has 1 unspecified atom stereocenters. The topological polar surface area (TPSA) is 63.2 Å². The number of nitrogens with one attached hydrogen (secondary N) is 1. The number of anilines is 1. The van der Waals surface area contributed by atoms with Crippen molar-refractivity contribution in [3.05, 3.63) is 53.1 Å². The second kappa shape index (κ2) is 6.17. The van der Waals surface area contributed by atoms with Crippen LogP contribution in [0.5, 0.6) is 0 Å². The summed E-state index contributed by atoms with van der Waals surface area (Å²) in [6.07, 6.45) is 1.54. The molecule has 0 radical (unpaired) electrons. The Morgan fingerprint density at radius 1 is 1.14 bits per heavy atom. The minimum absolute atomic E-state index is 0.162. The van der Waals surface area contributed by atoms with Gasteiger partial charge in [-0.2, -0.15) is 0 Å². The normalized spacial score (nSPS) is 12.9. The van der Waals surface area contributed by atoms with E-state index in [1.54, 1.807) is 37.3 Å². The van der Waals surface area contributed by atoms with Crippen LogP contribution in [0.1, 0.15) is 5.56 Å². The highest BCUT2D eigenvalue weighted by atomic mass is 35.5. The highest BCUT2D eigenvalue weighted by Gasteiger charge is 2.17. The van der Waals surface area contributed by atoms with E-state index in [0.717, 1.165) is 0 Å². The minimum Gasteiger partial charge on any atom is -0.280 e. The van der Waals surface area contributed by atoms with Crippen LogP contribution in [0, 0.1) is 6.92 Å². The molecule has 4 nitrogen and oxygen atoms in total. The van der Waals surface area contributed by atoms with Crippen LogP contribution in [0.2, 0.25) is 5.02 Å². The molecule has 0 aliphatic rings. The van der Waals surface area contributed by atoms with Gasteiger partial charge in [-0.3, -0.25) is 8.93 Å². The maximum absolute atomic E-state index is 12.4. The summed E-state index contributed by atoms with van der Waals surface area (Å²) < 4.78 is 38.7. The van der Waals surface area contributed by atoms with Gasteiger partial charge in [-0.15, -0.1) is 0 Å². The standard InChI is InChI=1S/C14H14ClNO3S2/c1-10-8-11(15)6-7-14(10)21(18,19)16-12-4-3-5-13(9-12)20(2)17/h3-9,16H,1-2H3. The molecular formula is C14H14ClNO3S2. The fraction of sp³-hybridized carbons (Fsp3) is 0.143. The molecule has 21 heavy (non-hydrogen) atoms. The molecule has 1 N–H and O–H groups in total. The average molecular weight is 344 g/mol. The second-order valence-corrected chi connectivity index (χ2v) is 7.96. The van der Waals surface area contributed by atoms with E-state index in [1.807, 2.05) is 0 Å². The van der Waals surface area contributed by atoms with Crippen LogP contribution in [-0.2, 0) is 20.8 Å². The Morgan fingerprint density at radius 3 is 2.48 bits per heavy atom. The van der Waals surface area contributed by atoms with E-state index in [2.05, 4.69) is 4.72 Å². The van der Waals surface area contributed by atoms with E-state index >= 15 is 0 Å². The molecule has 7 heteroatoms. The zero-order chi connectivity index (χ0) is 15.6. The lowest BCUT2D eigenvalue weighted by molar-refractivity contribution is 0.600. The maximum atomic E-state index is 12.4. The van der Waals surface area contributed by atoms with Crippen LogP contribution in [0.4, 0.5) is 5.69 Å². The Bertz CT molecular complexity index is 804. The number of benzene rings is 2. The number of halogens is 1. The SMILES string of the molecule is Cc1cc(Cl)ccc1S(=O)(=O)Nc1cccc(S(C)=O)c1. The fourth-order valence-corrected chi connectivity index (χ4v) is 3.93. The van der Waals surface area contributed by atoms with E-state index in [9.17, 15) is 12.6 Å². The molecule has 0 heterocycles. The van der Waals surface area contributed by atoms with Gasteiger partial charge in [0.15, 0.2) is 0 Å². The van der Waals surface area contributed by atoms with Crippen molar-refractivity contribution in [1.29, 1.82) is 0 Å². The number of hydrogen-bond acceptors (Lipinski definition) is 3. The van der Waals surface area contributed by atoms with Crippen LogP contribution in [0.3, 0.4) is 0 Å². The number of hydrogen-bond donors (Lipinski definition) is 1. The Kier molecular flexibility index (Phi) is 4.70. The van der Waals surface area contributed by atoms with E-state index in [0.29, 0.717) is 21.2 Å². The van der Waals surface area contributed by atoms with Crippen molar-refractivity contribution in [2.75, 3.05) is 11.0 Å². The number of rotatable bonds is 4. The Labute approximate surface area is 131 Å². The maximum Gasteiger partial charge on any atom is 0.262 e. The van der Waals surface area contributed by atoms with E-state index in [-0.39, 0.29) is 4.90 Å². The molecule has 112 valence electrons. The third-order valence-electron chi connectivity index (χ3n) is 2.84. The van der Waals surface area contributed by atoms with E-state index < -0.39 is 20.8 Å². The van der Waals surface area contributed by atoms with Crippen molar-refractivity contribution in [1.82, 2.24) is 0 Å². The molecule has 2 aromatic rings. The smallest absolute Gasteiger partial charge is 0.262 e. The molecule has 0 aliphatic carbocycles. The third-order valence-corrected chi connectivity index (χ3v) is 5.54. The number of sulfonamides is 1. The molecule has 0 bridgehead atoms. The molecule has 1 atom stereocenters. The van der Waals surface area contributed by atoms with Gasteiger partial charge in [0, 0.05) is 27.0 Å². The highest BCUT2D eigenvalue weighted by Crippen LogP contribution is 2.23. The van der Waals surface area contributed by atoms with Gasteiger partial charge >= 0.3 is 0 Å². The summed E-state index contributed by atoms with van der Waals surface area (Å²) >= 11 is 5.83. The molecule has 0 saturated carbocycles. The zero-order valence-corrected chi connectivity index (χ0v) is 13.8. The predicted octanol–water partition coefficient (Wildman–Crippen LogP) is 3.19. The van der Waals surface area contributed by atoms with Crippen LogP contribution < -0.4 is 4.72 Å². The van der Waals surface area contributed by atoms with Gasteiger partial charge in [-0.05, 0) is 48.9 Å². The number of aryl methyl sites for hydroxylation is 1. The van der Waals surface area contributed by atoms with Crippen LogP contribution in [0.25, 0.3) is 0 Å². The average Bonchev–Trinajstić information content (AvgIpc) is 2.37. The van der Waals surface area contributed by atoms with E-state index in [4.69, 9.17) is 11.6 Å². The van der Waals surface area contributed by atoms with Gasteiger partial charge in [0.25, 0.3) is 10.0 Å². The van der Waals surface area contributed by atoms with Crippen molar-refractivity contribution in [2.24, 2.45) is 0 Å². The molecule has 0 fully saturated rings.